The average Bonchev–Trinajstić information content (AvgIpc) is 3.23. The Hall–Kier alpha value is -1.16. The number of halogens is 3. The van der Waals surface area contributed by atoms with Gasteiger partial charge in [0.05, 0.1) is 6.61 Å². The number of rotatable bonds is 5. The third-order valence-electron chi connectivity index (χ3n) is 5.26. The molecule has 3 heterocycles. The van der Waals surface area contributed by atoms with Gasteiger partial charge in [-0.2, -0.15) is 13.2 Å². The second-order valence-corrected chi connectivity index (χ2v) is 6.93. The van der Waals surface area contributed by atoms with Gasteiger partial charge in [0.1, 0.15) is 0 Å². The minimum Gasteiger partial charge on any atom is -0.380 e. The average molecular weight is 362 g/mol. The van der Waals surface area contributed by atoms with Crippen molar-refractivity contribution in [3.8, 4) is 0 Å². The molecule has 0 radical (unpaired) electrons. The van der Waals surface area contributed by atoms with Crippen molar-refractivity contribution in [2.45, 2.75) is 43.1 Å². The highest BCUT2D eigenvalue weighted by Crippen LogP contribution is 2.37. The molecule has 2 unspecified atom stereocenters. The van der Waals surface area contributed by atoms with Crippen molar-refractivity contribution in [1.29, 1.82) is 0 Å². The monoisotopic (exact) mass is 362 g/mol. The van der Waals surface area contributed by atoms with Crippen LogP contribution in [0.4, 0.5) is 13.2 Å². The minimum atomic E-state index is -4.80. The highest BCUT2D eigenvalue weighted by atomic mass is 19.4. The Kier molecular flexibility index (Phi) is 5.38. The summed E-state index contributed by atoms with van der Waals surface area (Å²) in [6.07, 6.45) is 0.379. The zero-order chi connectivity index (χ0) is 18.1. The van der Waals surface area contributed by atoms with E-state index in [0.29, 0.717) is 6.04 Å². The highest BCUT2D eigenvalue weighted by molar-refractivity contribution is 5.09. The first kappa shape index (κ1) is 18.6. The van der Waals surface area contributed by atoms with Gasteiger partial charge in [-0.25, -0.2) is 4.98 Å². The molecular formula is C16H25F3N4O2. The molecule has 2 fully saturated rings. The van der Waals surface area contributed by atoms with E-state index in [-0.39, 0.29) is 6.04 Å². The molecule has 9 heteroatoms. The van der Waals surface area contributed by atoms with Crippen molar-refractivity contribution in [3.05, 3.63) is 18.2 Å². The number of nitrogens with one attached hydrogen (secondary N) is 1. The molecule has 142 valence electrons. The molecule has 0 spiro atoms. The molecule has 0 amide bonds. The fourth-order valence-corrected chi connectivity index (χ4v) is 3.64. The van der Waals surface area contributed by atoms with E-state index < -0.39 is 24.1 Å². The van der Waals surface area contributed by atoms with E-state index >= 15 is 0 Å². The normalized spacial score (nSPS) is 26.0. The molecule has 2 N–H and O–H groups in total. The topological polar surface area (TPSA) is 62.5 Å². The quantitative estimate of drug-likeness (QED) is 0.819. The lowest BCUT2D eigenvalue weighted by Crippen LogP contribution is -2.55. The standard InChI is InChI=1S/C16H25F3N4O2/c1-22-8-5-20-14(22)15(24,16(17,18)19)11-21-12-2-6-23(7-3-12)13-4-9-25-10-13/h5,8,12-13,21,24H,2-4,6-7,9-11H2,1H3. The van der Waals surface area contributed by atoms with E-state index in [1.807, 2.05) is 0 Å². The molecule has 2 aliphatic heterocycles. The number of piperidine rings is 1. The highest BCUT2D eigenvalue weighted by Gasteiger charge is 2.57. The van der Waals surface area contributed by atoms with Crippen LogP contribution in [-0.4, -0.2) is 70.7 Å². The van der Waals surface area contributed by atoms with Gasteiger partial charge in [0, 0.05) is 57.8 Å². The number of imidazole rings is 1. The van der Waals surface area contributed by atoms with Crippen LogP contribution in [0.1, 0.15) is 25.1 Å². The molecule has 0 bridgehead atoms. The first-order valence-corrected chi connectivity index (χ1v) is 8.63. The summed E-state index contributed by atoms with van der Waals surface area (Å²) >= 11 is 0. The van der Waals surface area contributed by atoms with Gasteiger partial charge in [0.2, 0.25) is 5.60 Å². The Balaban J connectivity index is 1.58. The lowest BCUT2D eigenvalue weighted by Gasteiger charge is -2.37. The summed E-state index contributed by atoms with van der Waals surface area (Å²) < 4.78 is 47.1. The molecular weight excluding hydrogens is 337 g/mol. The summed E-state index contributed by atoms with van der Waals surface area (Å²) in [4.78, 5) is 6.06. The third-order valence-corrected chi connectivity index (χ3v) is 5.26. The van der Waals surface area contributed by atoms with Gasteiger partial charge in [-0.05, 0) is 19.3 Å². The van der Waals surface area contributed by atoms with E-state index in [2.05, 4.69) is 15.2 Å². The molecule has 0 aromatic carbocycles. The largest absolute Gasteiger partial charge is 0.425 e. The van der Waals surface area contributed by atoms with Gasteiger partial charge in [0.25, 0.3) is 0 Å². The predicted molar refractivity (Wildman–Crippen MR) is 85.0 cm³/mol. The Labute approximate surface area is 145 Å². The van der Waals surface area contributed by atoms with Gasteiger partial charge < -0.3 is 19.7 Å². The van der Waals surface area contributed by atoms with Crippen molar-refractivity contribution in [3.63, 3.8) is 0 Å². The van der Waals surface area contributed by atoms with Crippen LogP contribution < -0.4 is 5.32 Å². The van der Waals surface area contributed by atoms with E-state index in [1.165, 1.54) is 24.0 Å². The van der Waals surface area contributed by atoms with Crippen molar-refractivity contribution in [2.24, 2.45) is 7.05 Å². The fraction of sp³-hybridized carbons (Fsp3) is 0.812. The maximum absolute atomic E-state index is 13.5. The van der Waals surface area contributed by atoms with Crippen molar-refractivity contribution >= 4 is 0 Å². The summed E-state index contributed by atoms with van der Waals surface area (Å²) in [6, 6.07) is 0.383. The maximum atomic E-state index is 13.5. The van der Waals surface area contributed by atoms with Crippen LogP contribution >= 0.6 is 0 Å². The van der Waals surface area contributed by atoms with Crippen molar-refractivity contribution < 1.29 is 23.0 Å². The van der Waals surface area contributed by atoms with Crippen molar-refractivity contribution in [1.82, 2.24) is 19.8 Å². The molecule has 3 rings (SSSR count). The van der Waals surface area contributed by atoms with Crippen molar-refractivity contribution in [2.75, 3.05) is 32.8 Å². The Morgan fingerprint density at radius 2 is 2.04 bits per heavy atom. The van der Waals surface area contributed by atoms with Gasteiger partial charge in [-0.1, -0.05) is 0 Å². The van der Waals surface area contributed by atoms with Crippen LogP contribution in [0.5, 0.6) is 0 Å². The number of aliphatic hydroxyl groups is 1. The number of aromatic nitrogens is 2. The molecule has 2 saturated heterocycles. The van der Waals surface area contributed by atoms with E-state index in [0.717, 1.165) is 45.6 Å². The fourth-order valence-electron chi connectivity index (χ4n) is 3.64. The number of nitrogens with zero attached hydrogens (tertiary/aromatic N) is 3. The molecule has 6 nitrogen and oxygen atoms in total. The van der Waals surface area contributed by atoms with E-state index in [9.17, 15) is 18.3 Å². The molecule has 25 heavy (non-hydrogen) atoms. The number of likely N-dealkylation sites (tertiary alicyclic amines) is 1. The van der Waals surface area contributed by atoms with E-state index in [4.69, 9.17) is 4.74 Å². The smallest absolute Gasteiger partial charge is 0.380 e. The van der Waals surface area contributed by atoms with Gasteiger partial charge >= 0.3 is 6.18 Å². The van der Waals surface area contributed by atoms with Crippen LogP contribution in [0.25, 0.3) is 0 Å². The number of ether oxygens (including phenoxy) is 1. The number of aryl methyl sites for hydroxylation is 1. The molecule has 1 aromatic heterocycles. The molecule has 0 saturated carbocycles. The number of hydrogen-bond acceptors (Lipinski definition) is 5. The van der Waals surface area contributed by atoms with Crippen LogP contribution in [0, 0.1) is 0 Å². The summed E-state index contributed by atoms with van der Waals surface area (Å²) in [7, 11) is 1.45. The number of hydrogen-bond donors (Lipinski definition) is 2. The van der Waals surface area contributed by atoms with Crippen LogP contribution in [0.2, 0.25) is 0 Å². The Morgan fingerprint density at radius 1 is 1.32 bits per heavy atom. The molecule has 2 atom stereocenters. The second-order valence-electron chi connectivity index (χ2n) is 6.93. The van der Waals surface area contributed by atoms with Crippen LogP contribution in [0.15, 0.2) is 12.4 Å². The summed E-state index contributed by atoms with van der Waals surface area (Å²) in [5.74, 6) is -0.395. The Bertz CT molecular complexity index is 566. The first-order chi connectivity index (χ1) is 11.8. The Morgan fingerprint density at radius 3 is 2.56 bits per heavy atom. The lowest BCUT2D eigenvalue weighted by molar-refractivity contribution is -0.268. The van der Waals surface area contributed by atoms with Crippen LogP contribution in [-0.2, 0) is 17.4 Å². The number of alkyl halides is 3. The van der Waals surface area contributed by atoms with Gasteiger partial charge in [0.15, 0.2) is 5.82 Å². The zero-order valence-corrected chi connectivity index (χ0v) is 14.3. The third kappa shape index (κ3) is 3.84. The first-order valence-electron chi connectivity index (χ1n) is 8.63. The zero-order valence-electron chi connectivity index (χ0n) is 14.3. The van der Waals surface area contributed by atoms with Gasteiger partial charge in [-0.15, -0.1) is 0 Å². The second kappa shape index (κ2) is 7.22. The SMILES string of the molecule is Cn1ccnc1C(O)(CNC1CCN(C2CCOC2)CC1)C(F)(F)F. The summed E-state index contributed by atoms with van der Waals surface area (Å²) in [5.41, 5.74) is -3.00. The van der Waals surface area contributed by atoms with Gasteiger partial charge in [-0.3, -0.25) is 4.90 Å². The van der Waals surface area contributed by atoms with Crippen LogP contribution in [0.3, 0.4) is 0 Å². The summed E-state index contributed by atoms with van der Waals surface area (Å²) in [5, 5.41) is 13.3. The molecule has 0 aliphatic carbocycles. The summed E-state index contributed by atoms with van der Waals surface area (Å²) in [6.45, 7) is 2.59. The lowest BCUT2D eigenvalue weighted by atomic mass is 9.98. The molecule has 1 aromatic rings. The predicted octanol–water partition coefficient (Wildman–Crippen LogP) is 1.01. The molecule has 2 aliphatic rings. The minimum absolute atomic E-state index is 0.0484. The maximum Gasteiger partial charge on any atom is 0.425 e. The van der Waals surface area contributed by atoms with E-state index in [1.54, 1.807) is 0 Å².